The summed E-state index contributed by atoms with van der Waals surface area (Å²) in [7, 11) is 0. The van der Waals surface area contributed by atoms with E-state index in [2.05, 4.69) is 5.32 Å². The highest BCUT2D eigenvalue weighted by Gasteiger charge is 2.39. The molecule has 8 heteroatoms. The summed E-state index contributed by atoms with van der Waals surface area (Å²) < 4.78 is 75.9. The second kappa shape index (κ2) is 4.36. The number of halogens is 6. The molecule has 0 aromatic heterocycles. The van der Waals surface area contributed by atoms with Gasteiger partial charge in [-0.15, -0.1) is 0 Å². The van der Waals surface area contributed by atoms with E-state index in [1.165, 1.54) is 17.3 Å². The Kier molecular flexibility index (Phi) is 3.11. The van der Waals surface area contributed by atoms with Crippen LogP contribution < -0.4 is 10.2 Å². The molecule has 1 aromatic rings. The average molecular weight is 282 g/mol. The zero-order valence-corrected chi connectivity index (χ0v) is 9.31. The largest absolute Gasteiger partial charge is 0.418 e. The third-order valence-corrected chi connectivity index (χ3v) is 2.57. The molecule has 1 aliphatic heterocycles. The lowest BCUT2D eigenvalue weighted by Gasteiger charge is -2.22. The molecule has 0 radical (unpaired) electrons. The van der Waals surface area contributed by atoms with Gasteiger partial charge in [0.1, 0.15) is 0 Å². The van der Waals surface area contributed by atoms with Gasteiger partial charge in [-0.1, -0.05) is 0 Å². The molecular formula is C11H8F6N2. The minimum Gasteiger partial charge on any atom is -0.372 e. The summed E-state index contributed by atoms with van der Waals surface area (Å²) >= 11 is 0. The monoisotopic (exact) mass is 282 g/mol. The molecule has 0 fully saturated rings. The van der Waals surface area contributed by atoms with Gasteiger partial charge in [-0.3, -0.25) is 0 Å². The van der Waals surface area contributed by atoms with Crippen molar-refractivity contribution in [2.75, 3.05) is 11.6 Å². The van der Waals surface area contributed by atoms with Crippen LogP contribution in [0.15, 0.2) is 30.6 Å². The minimum atomic E-state index is -4.85. The molecule has 0 saturated carbocycles. The van der Waals surface area contributed by atoms with Crippen molar-refractivity contribution in [2.45, 2.75) is 12.4 Å². The molecule has 2 nitrogen and oxygen atoms in total. The zero-order valence-electron chi connectivity index (χ0n) is 9.31. The number of hydrogen-bond donors (Lipinski definition) is 1. The van der Waals surface area contributed by atoms with Crippen LogP contribution >= 0.6 is 0 Å². The maximum Gasteiger partial charge on any atom is 0.418 e. The van der Waals surface area contributed by atoms with Crippen molar-refractivity contribution in [1.82, 2.24) is 5.32 Å². The van der Waals surface area contributed by atoms with Crippen LogP contribution in [0.4, 0.5) is 32.0 Å². The first-order chi connectivity index (χ1) is 8.69. The smallest absolute Gasteiger partial charge is 0.372 e. The molecule has 1 heterocycles. The van der Waals surface area contributed by atoms with E-state index in [9.17, 15) is 26.3 Å². The molecule has 0 unspecified atom stereocenters. The fourth-order valence-corrected chi connectivity index (χ4v) is 1.70. The van der Waals surface area contributed by atoms with Gasteiger partial charge in [0, 0.05) is 12.4 Å². The van der Waals surface area contributed by atoms with Crippen LogP contribution in [0.5, 0.6) is 0 Å². The molecule has 1 aromatic carbocycles. The molecule has 1 aliphatic rings. The third-order valence-electron chi connectivity index (χ3n) is 2.57. The summed E-state index contributed by atoms with van der Waals surface area (Å²) in [6.07, 6.45) is -6.92. The summed E-state index contributed by atoms with van der Waals surface area (Å²) in [6, 6.07) is 1.58. The van der Waals surface area contributed by atoms with Gasteiger partial charge in [-0.2, -0.15) is 26.3 Å². The lowest BCUT2D eigenvalue weighted by molar-refractivity contribution is -0.142. The first-order valence-corrected chi connectivity index (χ1v) is 5.15. The predicted molar refractivity (Wildman–Crippen MR) is 56.1 cm³/mol. The summed E-state index contributed by atoms with van der Waals surface area (Å²) in [5.41, 5.74) is -2.95. The van der Waals surface area contributed by atoms with E-state index in [1.54, 1.807) is 0 Å². The molecule has 104 valence electrons. The summed E-state index contributed by atoms with van der Waals surface area (Å²) in [5, 5.41) is 2.65. The Morgan fingerprint density at radius 2 is 1.68 bits per heavy atom. The Morgan fingerprint density at radius 3 is 2.16 bits per heavy atom. The molecule has 0 aliphatic carbocycles. The van der Waals surface area contributed by atoms with Crippen molar-refractivity contribution >= 4 is 5.69 Å². The van der Waals surface area contributed by atoms with Crippen molar-refractivity contribution in [1.29, 1.82) is 0 Å². The second-order valence-electron chi connectivity index (χ2n) is 3.88. The van der Waals surface area contributed by atoms with Crippen molar-refractivity contribution < 1.29 is 26.3 Å². The van der Waals surface area contributed by atoms with Crippen LogP contribution in [0, 0.1) is 0 Å². The molecule has 0 amide bonds. The fourth-order valence-electron chi connectivity index (χ4n) is 1.70. The summed E-state index contributed by atoms with van der Waals surface area (Å²) in [4.78, 5) is 1.18. The predicted octanol–water partition coefficient (Wildman–Crippen LogP) is 3.56. The van der Waals surface area contributed by atoms with Crippen molar-refractivity contribution in [3.63, 3.8) is 0 Å². The Bertz CT molecular complexity index is 503. The highest BCUT2D eigenvalue weighted by molar-refractivity contribution is 5.59. The Hall–Kier alpha value is -1.86. The number of benzene rings is 1. The highest BCUT2D eigenvalue weighted by Crippen LogP contribution is 2.40. The van der Waals surface area contributed by atoms with E-state index in [0.29, 0.717) is 6.07 Å². The van der Waals surface area contributed by atoms with Crippen molar-refractivity contribution in [3.05, 3.63) is 41.7 Å². The fraction of sp³-hybridized carbons (Fsp3) is 0.273. The standard InChI is InChI=1S/C11H8F6N2/c12-10(13,14)7-1-2-9(19-4-3-18-6-19)8(5-7)11(15,16)17/h1-5,18H,6H2. The second-order valence-corrected chi connectivity index (χ2v) is 3.88. The highest BCUT2D eigenvalue weighted by atomic mass is 19.4. The van der Waals surface area contributed by atoms with Gasteiger partial charge in [0.15, 0.2) is 0 Å². The van der Waals surface area contributed by atoms with E-state index in [4.69, 9.17) is 0 Å². The lowest BCUT2D eigenvalue weighted by Crippen LogP contribution is -2.23. The Morgan fingerprint density at radius 1 is 1.00 bits per heavy atom. The molecular weight excluding hydrogens is 274 g/mol. The molecule has 0 atom stereocenters. The molecule has 19 heavy (non-hydrogen) atoms. The topological polar surface area (TPSA) is 15.3 Å². The average Bonchev–Trinajstić information content (AvgIpc) is 2.79. The third kappa shape index (κ3) is 2.77. The number of rotatable bonds is 1. The summed E-state index contributed by atoms with van der Waals surface area (Å²) in [5.74, 6) is 0. The minimum absolute atomic E-state index is 0.0778. The van der Waals surface area contributed by atoms with Gasteiger partial charge >= 0.3 is 12.4 Å². The van der Waals surface area contributed by atoms with Crippen molar-refractivity contribution in [2.24, 2.45) is 0 Å². The van der Waals surface area contributed by atoms with Crippen LogP contribution in [0.1, 0.15) is 11.1 Å². The molecule has 0 spiro atoms. The molecule has 1 N–H and O–H groups in total. The van der Waals surface area contributed by atoms with Crippen LogP contribution in [0.3, 0.4) is 0 Å². The SMILES string of the molecule is FC(F)(F)c1ccc(N2C=CNC2)c(C(F)(F)F)c1. The van der Waals surface area contributed by atoms with Crippen LogP contribution in [0.25, 0.3) is 0 Å². The number of hydrogen-bond acceptors (Lipinski definition) is 2. The van der Waals surface area contributed by atoms with Crippen LogP contribution in [-0.2, 0) is 12.4 Å². The molecule has 0 saturated heterocycles. The van der Waals surface area contributed by atoms with Gasteiger partial charge in [-0.05, 0) is 18.2 Å². The number of alkyl halides is 6. The number of anilines is 1. The number of nitrogens with zero attached hydrogens (tertiary/aromatic N) is 1. The Balaban J connectivity index is 2.52. The van der Waals surface area contributed by atoms with Gasteiger partial charge < -0.3 is 10.2 Å². The zero-order chi connectivity index (χ0) is 14.3. The quantitative estimate of drug-likeness (QED) is 0.792. The van der Waals surface area contributed by atoms with E-state index >= 15 is 0 Å². The van der Waals surface area contributed by atoms with E-state index in [1.807, 2.05) is 0 Å². The maximum atomic E-state index is 12.8. The van der Waals surface area contributed by atoms with E-state index < -0.39 is 23.5 Å². The first-order valence-electron chi connectivity index (χ1n) is 5.15. The molecule has 2 rings (SSSR count). The van der Waals surface area contributed by atoms with Crippen molar-refractivity contribution in [3.8, 4) is 0 Å². The van der Waals surface area contributed by atoms with E-state index in [-0.39, 0.29) is 18.4 Å². The first kappa shape index (κ1) is 13.6. The van der Waals surface area contributed by atoms with Gasteiger partial charge in [0.05, 0.1) is 23.5 Å². The number of nitrogens with one attached hydrogen (secondary N) is 1. The molecule has 0 bridgehead atoms. The lowest BCUT2D eigenvalue weighted by atomic mass is 10.1. The van der Waals surface area contributed by atoms with Gasteiger partial charge in [0.2, 0.25) is 0 Å². The normalized spacial score (nSPS) is 15.8. The maximum absolute atomic E-state index is 12.8. The van der Waals surface area contributed by atoms with Gasteiger partial charge in [0.25, 0.3) is 0 Å². The van der Waals surface area contributed by atoms with E-state index in [0.717, 1.165) is 6.07 Å². The van der Waals surface area contributed by atoms with Crippen LogP contribution in [-0.4, -0.2) is 6.67 Å². The Labute approximate surface area is 104 Å². The van der Waals surface area contributed by atoms with Gasteiger partial charge in [-0.25, -0.2) is 0 Å². The summed E-state index contributed by atoms with van der Waals surface area (Å²) in [6.45, 7) is 0.0778. The van der Waals surface area contributed by atoms with Crippen LogP contribution in [0.2, 0.25) is 0 Å².